The molecule has 1 aliphatic rings. The highest BCUT2D eigenvalue weighted by molar-refractivity contribution is 6.04. The van der Waals surface area contributed by atoms with E-state index in [-0.39, 0.29) is 23.1 Å². The molecule has 4 N–H and O–H groups in total. The van der Waals surface area contributed by atoms with Crippen molar-refractivity contribution in [3.63, 3.8) is 0 Å². The lowest BCUT2D eigenvalue weighted by molar-refractivity contribution is 0.00821. The fourth-order valence-electron chi connectivity index (χ4n) is 5.11. The highest BCUT2D eigenvalue weighted by atomic mass is 16.6. The number of amides is 2. The molecule has 5 rings (SSSR count). The van der Waals surface area contributed by atoms with E-state index >= 15 is 0 Å². The van der Waals surface area contributed by atoms with E-state index in [0.717, 1.165) is 28.6 Å². The molecule has 0 saturated carbocycles. The number of ether oxygens (including phenoxy) is 1. The number of hydrogen-bond acceptors (Lipinski definition) is 7. The molecule has 2 aromatic heterocycles. The molecular weight excluding hydrogens is 548 g/mol. The number of nitrogens with two attached hydrogens (primary N) is 1. The van der Waals surface area contributed by atoms with Gasteiger partial charge in [-0.2, -0.15) is 0 Å². The van der Waals surface area contributed by atoms with Gasteiger partial charge in [0.15, 0.2) is 11.5 Å². The molecule has 0 aliphatic carbocycles. The highest BCUT2D eigenvalue weighted by Gasteiger charge is 2.36. The fourth-order valence-corrected chi connectivity index (χ4v) is 5.11. The monoisotopic (exact) mass is 582 g/mol. The number of carboxylic acids is 1. The van der Waals surface area contributed by atoms with Crippen molar-refractivity contribution in [2.24, 2.45) is 0 Å². The van der Waals surface area contributed by atoms with E-state index in [4.69, 9.17) is 10.6 Å². The van der Waals surface area contributed by atoms with Gasteiger partial charge >= 0.3 is 12.1 Å². The molecule has 0 bridgehead atoms. The Hall–Kier alpha value is -5.19. The van der Waals surface area contributed by atoms with Crippen LogP contribution in [0.3, 0.4) is 0 Å². The van der Waals surface area contributed by atoms with Crippen molar-refractivity contribution in [3.05, 3.63) is 90.0 Å². The van der Waals surface area contributed by atoms with Gasteiger partial charge in [-0.25, -0.2) is 24.2 Å². The van der Waals surface area contributed by atoms with Gasteiger partial charge in [-0.3, -0.25) is 9.69 Å². The Labute approximate surface area is 249 Å². The van der Waals surface area contributed by atoms with Crippen molar-refractivity contribution in [3.8, 4) is 22.4 Å². The molecule has 1 saturated heterocycles. The summed E-state index contributed by atoms with van der Waals surface area (Å²) in [4.78, 5) is 48.8. The molecule has 3 heterocycles. The Bertz CT molecular complexity index is 1640. The number of pyridine rings is 1. The summed E-state index contributed by atoms with van der Waals surface area (Å²) >= 11 is 0. The second-order valence-electron chi connectivity index (χ2n) is 11.4. The quantitative estimate of drug-likeness (QED) is 0.243. The van der Waals surface area contributed by atoms with E-state index in [9.17, 15) is 19.5 Å². The van der Waals surface area contributed by atoms with Gasteiger partial charge in [-0.05, 0) is 75.4 Å². The minimum absolute atomic E-state index is 0.142. The largest absolute Gasteiger partial charge is 0.476 e. The number of likely N-dealkylation sites (tertiary alicyclic amines) is 1. The van der Waals surface area contributed by atoms with Crippen LogP contribution in [0.4, 0.5) is 10.6 Å². The van der Waals surface area contributed by atoms with Crippen LogP contribution in [0.1, 0.15) is 72.7 Å². The molecule has 222 valence electrons. The first kappa shape index (κ1) is 29.3. The van der Waals surface area contributed by atoms with Gasteiger partial charge in [0.05, 0.1) is 6.04 Å². The van der Waals surface area contributed by atoms with Crippen molar-refractivity contribution in [1.82, 2.24) is 19.5 Å². The number of carbonyl (C=O) groups excluding carboxylic acids is 2. The van der Waals surface area contributed by atoms with E-state index in [1.165, 1.54) is 0 Å². The maximum atomic E-state index is 13.0. The van der Waals surface area contributed by atoms with E-state index in [1.807, 2.05) is 36.4 Å². The summed E-state index contributed by atoms with van der Waals surface area (Å²) in [6, 6.07) is 19.3. The predicted molar refractivity (Wildman–Crippen MR) is 162 cm³/mol. The van der Waals surface area contributed by atoms with Crippen LogP contribution < -0.4 is 11.2 Å². The topological polar surface area (TPSA) is 153 Å². The first-order valence-corrected chi connectivity index (χ1v) is 14.1. The van der Waals surface area contributed by atoms with Gasteiger partial charge in [0.2, 0.25) is 0 Å². The molecule has 11 heteroatoms. The third kappa shape index (κ3) is 6.50. The van der Waals surface area contributed by atoms with Gasteiger partial charge < -0.3 is 21.0 Å². The number of benzene rings is 2. The van der Waals surface area contributed by atoms with Gasteiger partial charge in [0.25, 0.3) is 5.91 Å². The van der Waals surface area contributed by atoms with Crippen LogP contribution in [-0.4, -0.2) is 54.8 Å². The molecule has 2 aromatic carbocycles. The number of nitrogens with zero attached hydrogens (tertiary/aromatic N) is 4. The number of nitrogen functional groups attached to an aromatic ring is 1. The molecule has 0 spiro atoms. The van der Waals surface area contributed by atoms with Crippen LogP contribution in [0.2, 0.25) is 0 Å². The fraction of sp³-hybridized carbons (Fsp3) is 0.281. The number of carbonyl (C=O) groups is 3. The minimum atomic E-state index is -1.26. The zero-order valence-electron chi connectivity index (χ0n) is 24.3. The number of imidazole rings is 1. The van der Waals surface area contributed by atoms with Crippen LogP contribution in [0.15, 0.2) is 72.9 Å². The van der Waals surface area contributed by atoms with Gasteiger partial charge in [-0.1, -0.05) is 42.5 Å². The van der Waals surface area contributed by atoms with Crippen LogP contribution in [0.25, 0.3) is 22.4 Å². The summed E-state index contributed by atoms with van der Waals surface area (Å²) in [6.07, 6.45) is 3.30. The molecule has 11 nitrogen and oxygen atoms in total. The van der Waals surface area contributed by atoms with Crippen molar-refractivity contribution in [2.45, 2.75) is 51.7 Å². The first-order valence-electron chi connectivity index (χ1n) is 14.1. The lowest BCUT2D eigenvalue weighted by atomic mass is 10.0. The van der Waals surface area contributed by atoms with E-state index < -0.39 is 23.7 Å². The second-order valence-corrected chi connectivity index (χ2v) is 11.4. The third-order valence-electron chi connectivity index (χ3n) is 7.10. The lowest BCUT2D eigenvalue weighted by Crippen LogP contribution is -2.43. The Morgan fingerprint density at radius 1 is 0.977 bits per heavy atom. The van der Waals surface area contributed by atoms with Gasteiger partial charge in [0, 0.05) is 23.9 Å². The Kier molecular flexibility index (Phi) is 8.16. The number of carboxylic acid groups (broad SMARTS) is 1. The number of aromatic carboxylic acids is 1. The zero-order valence-corrected chi connectivity index (χ0v) is 24.3. The van der Waals surface area contributed by atoms with Crippen molar-refractivity contribution in [2.75, 3.05) is 17.7 Å². The smallest absolute Gasteiger partial charge is 0.410 e. The average Bonchev–Trinajstić information content (AvgIpc) is 3.34. The molecule has 0 unspecified atom stereocenters. The molecule has 43 heavy (non-hydrogen) atoms. The number of piperidine rings is 1. The molecular formula is C32H34N6O5. The molecule has 1 atom stereocenters. The van der Waals surface area contributed by atoms with Gasteiger partial charge in [0.1, 0.15) is 17.1 Å². The summed E-state index contributed by atoms with van der Waals surface area (Å²) in [7, 11) is 0. The average molecular weight is 583 g/mol. The third-order valence-corrected chi connectivity index (χ3v) is 7.10. The van der Waals surface area contributed by atoms with Crippen molar-refractivity contribution in [1.29, 1.82) is 0 Å². The summed E-state index contributed by atoms with van der Waals surface area (Å²) in [5.74, 6) is 5.32. The maximum absolute atomic E-state index is 13.0. The number of hydrogen-bond donors (Lipinski definition) is 3. The van der Waals surface area contributed by atoms with Crippen LogP contribution in [-0.2, 0) is 4.74 Å². The Balaban J connectivity index is 1.39. The maximum Gasteiger partial charge on any atom is 0.410 e. The molecule has 0 radical (unpaired) electrons. The van der Waals surface area contributed by atoms with Crippen LogP contribution in [0.5, 0.6) is 0 Å². The number of nitrogens with one attached hydrogen (secondary N) is 1. The van der Waals surface area contributed by atoms with Crippen molar-refractivity contribution >= 4 is 23.8 Å². The Morgan fingerprint density at radius 3 is 2.37 bits per heavy atom. The number of aromatic nitrogens is 3. The SMILES string of the molecule is CC(C)(C)OC(=O)N1CCCC[C@H]1c1nc(-c2ccc(C(=O)Nc3cc(-c4ccccc4)ccn3)cc2)c(C(=O)O)n1N. The van der Waals surface area contributed by atoms with Gasteiger partial charge in [-0.15, -0.1) is 0 Å². The standard InChI is InChI=1S/C32H34N6O5/c1-32(2,3)43-31(42)37-18-8-7-11-24(37)28-36-26(27(30(40)41)38(28)33)21-12-14-22(15-13-21)29(39)35-25-19-23(16-17-34-25)20-9-5-4-6-10-20/h4-6,9-10,12-17,19,24H,7-8,11,18,33H2,1-3H3,(H,40,41)(H,34,35,39)/t24-/m0/s1. The van der Waals surface area contributed by atoms with E-state index in [2.05, 4.69) is 15.3 Å². The summed E-state index contributed by atoms with van der Waals surface area (Å²) in [5, 5.41) is 12.9. The molecule has 4 aromatic rings. The number of anilines is 1. The minimum Gasteiger partial charge on any atom is -0.476 e. The highest BCUT2D eigenvalue weighted by Crippen LogP contribution is 2.34. The summed E-state index contributed by atoms with van der Waals surface area (Å²) < 4.78 is 6.63. The molecule has 1 aliphatic heterocycles. The summed E-state index contributed by atoms with van der Waals surface area (Å²) in [5.41, 5.74) is 1.96. The second kappa shape index (κ2) is 12.0. The predicted octanol–water partition coefficient (Wildman–Crippen LogP) is 5.74. The van der Waals surface area contributed by atoms with Crippen LogP contribution in [0, 0.1) is 0 Å². The van der Waals surface area contributed by atoms with Crippen LogP contribution >= 0.6 is 0 Å². The van der Waals surface area contributed by atoms with E-state index in [1.54, 1.807) is 62.2 Å². The normalized spacial score (nSPS) is 15.1. The Morgan fingerprint density at radius 2 is 1.70 bits per heavy atom. The zero-order chi connectivity index (χ0) is 30.7. The van der Waals surface area contributed by atoms with E-state index in [0.29, 0.717) is 29.9 Å². The van der Waals surface area contributed by atoms with Crippen molar-refractivity contribution < 1.29 is 24.2 Å². The molecule has 2 amide bonds. The first-order chi connectivity index (χ1) is 20.5. The summed E-state index contributed by atoms with van der Waals surface area (Å²) in [6.45, 7) is 5.81. The lowest BCUT2D eigenvalue weighted by Gasteiger charge is -2.36. The number of rotatable bonds is 6. The molecule has 1 fully saturated rings.